The van der Waals surface area contributed by atoms with Crippen LogP contribution in [0, 0.1) is 11.7 Å². The first-order valence-electron chi connectivity index (χ1n) is 7.27. The van der Waals surface area contributed by atoms with E-state index < -0.39 is 0 Å². The van der Waals surface area contributed by atoms with E-state index in [1.807, 2.05) is 6.07 Å². The molecular formula is C18H21BrFN. The van der Waals surface area contributed by atoms with Gasteiger partial charge in [0.2, 0.25) is 0 Å². The highest BCUT2D eigenvalue weighted by Gasteiger charge is 2.15. The summed E-state index contributed by atoms with van der Waals surface area (Å²) in [6.45, 7) is 6.01. The molecule has 0 aliphatic carbocycles. The lowest BCUT2D eigenvalue weighted by Crippen LogP contribution is -2.24. The SMILES string of the molecule is CC(C)C(CNCc1cc(F)ccc1Br)c1ccccc1. The molecule has 2 rings (SSSR count). The zero-order chi connectivity index (χ0) is 15.2. The van der Waals surface area contributed by atoms with Crippen molar-refractivity contribution in [3.05, 3.63) is 69.9 Å². The number of rotatable bonds is 6. The van der Waals surface area contributed by atoms with Crippen LogP contribution < -0.4 is 5.32 Å². The molecule has 0 fully saturated rings. The van der Waals surface area contributed by atoms with Gasteiger partial charge in [0.1, 0.15) is 5.82 Å². The Morgan fingerprint density at radius 1 is 1.10 bits per heavy atom. The summed E-state index contributed by atoms with van der Waals surface area (Å²) < 4.78 is 14.2. The molecule has 112 valence electrons. The van der Waals surface area contributed by atoms with Crippen molar-refractivity contribution in [3.63, 3.8) is 0 Å². The van der Waals surface area contributed by atoms with Crippen LogP contribution in [0.5, 0.6) is 0 Å². The van der Waals surface area contributed by atoms with Crippen molar-refractivity contribution in [1.29, 1.82) is 0 Å². The minimum Gasteiger partial charge on any atom is -0.312 e. The predicted octanol–water partition coefficient (Wildman–Crippen LogP) is 5.12. The third-order valence-corrected chi connectivity index (χ3v) is 4.49. The lowest BCUT2D eigenvalue weighted by atomic mass is 9.88. The zero-order valence-corrected chi connectivity index (χ0v) is 14.0. The van der Waals surface area contributed by atoms with Crippen LogP contribution in [0.15, 0.2) is 53.0 Å². The van der Waals surface area contributed by atoms with Gasteiger partial charge in [0, 0.05) is 17.6 Å². The first-order valence-corrected chi connectivity index (χ1v) is 8.07. The number of nitrogens with one attached hydrogen (secondary N) is 1. The Balaban J connectivity index is 1.98. The third-order valence-electron chi connectivity index (χ3n) is 3.72. The average Bonchev–Trinajstić information content (AvgIpc) is 2.47. The van der Waals surface area contributed by atoms with Crippen LogP contribution in [0.3, 0.4) is 0 Å². The highest BCUT2D eigenvalue weighted by atomic mass is 79.9. The maximum Gasteiger partial charge on any atom is 0.123 e. The van der Waals surface area contributed by atoms with Gasteiger partial charge in [-0.15, -0.1) is 0 Å². The third kappa shape index (κ3) is 4.65. The summed E-state index contributed by atoms with van der Waals surface area (Å²) in [6.07, 6.45) is 0. The molecular weight excluding hydrogens is 329 g/mol. The molecule has 0 amide bonds. The monoisotopic (exact) mass is 349 g/mol. The Labute approximate surface area is 134 Å². The normalized spacial score (nSPS) is 12.6. The van der Waals surface area contributed by atoms with Gasteiger partial charge in [-0.25, -0.2) is 4.39 Å². The fourth-order valence-electron chi connectivity index (χ4n) is 2.48. The predicted molar refractivity (Wildman–Crippen MR) is 89.8 cm³/mol. The van der Waals surface area contributed by atoms with Crippen LogP contribution in [-0.2, 0) is 6.54 Å². The second-order valence-corrected chi connectivity index (χ2v) is 6.48. The molecule has 1 N–H and O–H groups in total. The maximum atomic E-state index is 13.3. The van der Waals surface area contributed by atoms with Gasteiger partial charge >= 0.3 is 0 Å². The largest absolute Gasteiger partial charge is 0.312 e. The molecule has 0 spiro atoms. The molecule has 0 saturated heterocycles. The molecule has 2 aromatic rings. The maximum absolute atomic E-state index is 13.3. The quantitative estimate of drug-likeness (QED) is 0.763. The van der Waals surface area contributed by atoms with E-state index in [1.54, 1.807) is 12.1 Å². The smallest absolute Gasteiger partial charge is 0.123 e. The van der Waals surface area contributed by atoms with Gasteiger partial charge in [0.05, 0.1) is 0 Å². The van der Waals surface area contributed by atoms with Crippen LogP contribution in [-0.4, -0.2) is 6.54 Å². The summed E-state index contributed by atoms with van der Waals surface area (Å²) in [7, 11) is 0. The van der Waals surface area contributed by atoms with E-state index in [1.165, 1.54) is 11.6 Å². The number of halogens is 2. The van der Waals surface area contributed by atoms with Crippen molar-refractivity contribution in [2.45, 2.75) is 26.3 Å². The van der Waals surface area contributed by atoms with Gasteiger partial charge in [0.25, 0.3) is 0 Å². The first kappa shape index (κ1) is 16.2. The van der Waals surface area contributed by atoms with Crippen LogP contribution in [0.2, 0.25) is 0 Å². The molecule has 0 saturated carbocycles. The lowest BCUT2D eigenvalue weighted by Gasteiger charge is -2.22. The van der Waals surface area contributed by atoms with E-state index in [2.05, 4.69) is 59.4 Å². The van der Waals surface area contributed by atoms with Crippen LogP contribution in [0.1, 0.15) is 30.9 Å². The molecule has 1 unspecified atom stereocenters. The Kier molecular flexibility index (Phi) is 5.95. The Bertz CT molecular complexity index is 569. The standard InChI is InChI=1S/C18H21BrFN/c1-13(2)17(14-6-4-3-5-7-14)12-21-11-15-10-16(20)8-9-18(15)19/h3-10,13,17,21H,11-12H2,1-2H3. The van der Waals surface area contributed by atoms with Crippen LogP contribution in [0.4, 0.5) is 4.39 Å². The molecule has 0 aliphatic heterocycles. The summed E-state index contributed by atoms with van der Waals surface area (Å²) in [5.74, 6) is 0.813. The molecule has 1 atom stereocenters. The zero-order valence-electron chi connectivity index (χ0n) is 12.4. The molecule has 21 heavy (non-hydrogen) atoms. The van der Waals surface area contributed by atoms with Gasteiger partial charge in [-0.2, -0.15) is 0 Å². The van der Waals surface area contributed by atoms with Crippen molar-refractivity contribution in [3.8, 4) is 0 Å². The minimum atomic E-state index is -0.196. The van der Waals surface area contributed by atoms with E-state index in [9.17, 15) is 4.39 Å². The van der Waals surface area contributed by atoms with Gasteiger partial charge in [-0.1, -0.05) is 60.1 Å². The van der Waals surface area contributed by atoms with E-state index >= 15 is 0 Å². The molecule has 0 aliphatic rings. The molecule has 0 heterocycles. The van der Waals surface area contributed by atoms with Crippen molar-refractivity contribution in [1.82, 2.24) is 5.32 Å². The van der Waals surface area contributed by atoms with Gasteiger partial charge < -0.3 is 5.32 Å². The first-order chi connectivity index (χ1) is 10.1. The summed E-state index contributed by atoms with van der Waals surface area (Å²) in [6, 6.07) is 15.3. The average molecular weight is 350 g/mol. The van der Waals surface area contributed by atoms with Crippen LogP contribution in [0.25, 0.3) is 0 Å². The Morgan fingerprint density at radius 3 is 2.48 bits per heavy atom. The number of hydrogen-bond donors (Lipinski definition) is 1. The fraction of sp³-hybridized carbons (Fsp3) is 0.333. The summed E-state index contributed by atoms with van der Waals surface area (Å²) in [5.41, 5.74) is 2.30. The minimum absolute atomic E-state index is 0.196. The summed E-state index contributed by atoms with van der Waals surface area (Å²) >= 11 is 3.46. The molecule has 2 aromatic carbocycles. The molecule has 0 aromatic heterocycles. The lowest BCUT2D eigenvalue weighted by molar-refractivity contribution is 0.461. The Hall–Kier alpha value is -1.19. The molecule has 3 heteroatoms. The number of hydrogen-bond acceptors (Lipinski definition) is 1. The van der Waals surface area contributed by atoms with Crippen molar-refractivity contribution in [2.75, 3.05) is 6.54 Å². The van der Waals surface area contributed by atoms with E-state index in [-0.39, 0.29) is 5.82 Å². The van der Waals surface area contributed by atoms with Gasteiger partial charge in [0.15, 0.2) is 0 Å². The summed E-state index contributed by atoms with van der Waals surface area (Å²) in [4.78, 5) is 0. The van der Waals surface area contributed by atoms with Crippen LogP contribution >= 0.6 is 15.9 Å². The highest BCUT2D eigenvalue weighted by molar-refractivity contribution is 9.10. The van der Waals surface area contributed by atoms with Crippen molar-refractivity contribution in [2.24, 2.45) is 5.92 Å². The molecule has 0 bridgehead atoms. The second-order valence-electron chi connectivity index (χ2n) is 5.63. The van der Waals surface area contributed by atoms with Gasteiger partial charge in [-0.05, 0) is 41.2 Å². The fourth-order valence-corrected chi connectivity index (χ4v) is 2.87. The van der Waals surface area contributed by atoms with E-state index in [0.717, 1.165) is 16.6 Å². The van der Waals surface area contributed by atoms with Crippen molar-refractivity contribution < 1.29 is 4.39 Å². The highest BCUT2D eigenvalue weighted by Crippen LogP contribution is 2.24. The number of benzene rings is 2. The van der Waals surface area contributed by atoms with E-state index in [4.69, 9.17) is 0 Å². The van der Waals surface area contributed by atoms with E-state index in [0.29, 0.717) is 18.4 Å². The molecule has 0 radical (unpaired) electrons. The second kappa shape index (κ2) is 7.71. The topological polar surface area (TPSA) is 12.0 Å². The summed E-state index contributed by atoms with van der Waals surface area (Å²) in [5, 5.41) is 3.45. The molecule has 1 nitrogen and oxygen atoms in total. The van der Waals surface area contributed by atoms with Gasteiger partial charge in [-0.3, -0.25) is 0 Å². The Morgan fingerprint density at radius 2 is 1.81 bits per heavy atom. The van der Waals surface area contributed by atoms with Crippen molar-refractivity contribution >= 4 is 15.9 Å².